The molecule has 4 rings (SSSR count). The van der Waals surface area contributed by atoms with Gasteiger partial charge in [0, 0.05) is 55.6 Å². The number of nitrogens with zero attached hydrogens (tertiary/aromatic N) is 5. The zero-order valence-electron chi connectivity index (χ0n) is 18.0. The Morgan fingerprint density at radius 1 is 1.09 bits per heavy atom. The van der Waals surface area contributed by atoms with Crippen molar-refractivity contribution in [1.29, 1.82) is 0 Å². The second kappa shape index (κ2) is 9.10. The van der Waals surface area contributed by atoms with E-state index in [4.69, 9.17) is 16.7 Å². The van der Waals surface area contributed by atoms with E-state index in [1.807, 2.05) is 41.9 Å². The number of nitro benzene ring substituents is 1. The molecule has 1 fully saturated rings. The number of para-hydroxylation sites is 1. The van der Waals surface area contributed by atoms with Gasteiger partial charge >= 0.3 is 0 Å². The number of halogens is 1. The lowest BCUT2D eigenvalue weighted by Crippen LogP contribution is -2.48. The zero-order chi connectivity index (χ0) is 22.8. The van der Waals surface area contributed by atoms with E-state index < -0.39 is 4.92 Å². The third-order valence-electron chi connectivity index (χ3n) is 5.87. The van der Waals surface area contributed by atoms with E-state index in [9.17, 15) is 14.9 Å². The summed E-state index contributed by atoms with van der Waals surface area (Å²) in [6.45, 7) is 7.41. The molecule has 1 saturated heterocycles. The van der Waals surface area contributed by atoms with Crippen molar-refractivity contribution in [3.63, 3.8) is 0 Å². The van der Waals surface area contributed by atoms with Gasteiger partial charge in [-0.2, -0.15) is 5.10 Å². The van der Waals surface area contributed by atoms with Gasteiger partial charge in [-0.1, -0.05) is 29.8 Å². The summed E-state index contributed by atoms with van der Waals surface area (Å²) in [5, 5.41) is 15.9. The molecule has 9 heteroatoms. The summed E-state index contributed by atoms with van der Waals surface area (Å²) in [4.78, 5) is 27.4. The fraction of sp³-hybridized carbons (Fsp3) is 0.304. The first kappa shape index (κ1) is 22.0. The van der Waals surface area contributed by atoms with E-state index >= 15 is 0 Å². The molecular formula is C23H24ClN5O3. The summed E-state index contributed by atoms with van der Waals surface area (Å²) < 4.78 is 1.97. The van der Waals surface area contributed by atoms with Crippen LogP contribution in [0.25, 0.3) is 5.69 Å². The molecule has 1 amide bonds. The Balaban J connectivity index is 1.42. The van der Waals surface area contributed by atoms with Gasteiger partial charge in [0.2, 0.25) is 0 Å². The lowest BCUT2D eigenvalue weighted by atomic mass is 10.1. The van der Waals surface area contributed by atoms with Crippen molar-refractivity contribution in [3.8, 4) is 5.69 Å². The molecule has 0 unspecified atom stereocenters. The van der Waals surface area contributed by atoms with Gasteiger partial charge in [0.25, 0.3) is 11.6 Å². The molecule has 32 heavy (non-hydrogen) atoms. The molecule has 2 aromatic carbocycles. The normalized spacial score (nSPS) is 14.5. The average Bonchev–Trinajstić information content (AvgIpc) is 3.08. The first-order valence-electron chi connectivity index (χ1n) is 10.4. The van der Waals surface area contributed by atoms with Crippen molar-refractivity contribution in [1.82, 2.24) is 19.6 Å². The highest BCUT2D eigenvalue weighted by atomic mass is 35.5. The fourth-order valence-electron chi connectivity index (χ4n) is 4.03. The Labute approximate surface area is 191 Å². The number of aryl methyl sites for hydroxylation is 1. The highest BCUT2D eigenvalue weighted by Crippen LogP contribution is 2.26. The molecule has 0 aliphatic carbocycles. The summed E-state index contributed by atoms with van der Waals surface area (Å²) in [6.07, 6.45) is 0. The van der Waals surface area contributed by atoms with E-state index in [0.717, 1.165) is 36.7 Å². The van der Waals surface area contributed by atoms with Crippen LogP contribution in [-0.2, 0) is 6.54 Å². The molecule has 0 saturated carbocycles. The Kier molecular flexibility index (Phi) is 6.25. The van der Waals surface area contributed by atoms with Crippen molar-refractivity contribution < 1.29 is 9.72 Å². The topological polar surface area (TPSA) is 84.5 Å². The van der Waals surface area contributed by atoms with Crippen LogP contribution in [0.1, 0.15) is 27.3 Å². The van der Waals surface area contributed by atoms with Crippen LogP contribution in [0.15, 0.2) is 48.5 Å². The number of nitro groups is 1. The molecule has 166 valence electrons. The largest absolute Gasteiger partial charge is 0.336 e. The van der Waals surface area contributed by atoms with Crippen molar-refractivity contribution in [2.45, 2.75) is 20.4 Å². The second-order valence-corrected chi connectivity index (χ2v) is 8.30. The predicted octanol–water partition coefficient (Wildman–Crippen LogP) is 4.01. The van der Waals surface area contributed by atoms with Crippen molar-refractivity contribution in [3.05, 3.63) is 86.2 Å². The summed E-state index contributed by atoms with van der Waals surface area (Å²) in [5.41, 5.74) is 4.37. The van der Waals surface area contributed by atoms with Crippen LogP contribution >= 0.6 is 11.6 Å². The number of amides is 1. The highest BCUT2D eigenvalue weighted by molar-refractivity contribution is 6.32. The van der Waals surface area contributed by atoms with Crippen LogP contribution in [0.4, 0.5) is 5.69 Å². The van der Waals surface area contributed by atoms with Crippen molar-refractivity contribution >= 4 is 23.2 Å². The molecule has 3 aromatic rings. The van der Waals surface area contributed by atoms with Crippen LogP contribution in [0.5, 0.6) is 0 Å². The first-order chi connectivity index (χ1) is 15.3. The van der Waals surface area contributed by atoms with Gasteiger partial charge in [0.1, 0.15) is 5.02 Å². The van der Waals surface area contributed by atoms with Gasteiger partial charge in [-0.3, -0.25) is 19.8 Å². The SMILES string of the molecule is Cc1nn(-c2ccccc2)c(C)c1CN1CCN(C(=O)c2ccc(Cl)c([N+](=O)[O-])c2)CC1. The van der Waals surface area contributed by atoms with Crippen molar-refractivity contribution in [2.75, 3.05) is 26.2 Å². The molecule has 1 aromatic heterocycles. The lowest BCUT2D eigenvalue weighted by Gasteiger charge is -2.34. The second-order valence-electron chi connectivity index (χ2n) is 7.89. The summed E-state index contributed by atoms with van der Waals surface area (Å²) in [6, 6.07) is 14.2. The average molecular weight is 454 g/mol. The van der Waals surface area contributed by atoms with Crippen molar-refractivity contribution in [2.24, 2.45) is 0 Å². The molecule has 8 nitrogen and oxygen atoms in total. The fourth-order valence-corrected chi connectivity index (χ4v) is 4.21. The van der Waals surface area contributed by atoms with Crippen LogP contribution in [-0.4, -0.2) is 56.6 Å². The number of hydrogen-bond donors (Lipinski definition) is 0. The Morgan fingerprint density at radius 3 is 2.44 bits per heavy atom. The van der Waals surface area contributed by atoms with Gasteiger partial charge < -0.3 is 4.90 Å². The summed E-state index contributed by atoms with van der Waals surface area (Å²) in [7, 11) is 0. The van der Waals surface area contributed by atoms with Gasteiger partial charge in [-0.15, -0.1) is 0 Å². The minimum atomic E-state index is -0.572. The lowest BCUT2D eigenvalue weighted by molar-refractivity contribution is -0.384. The minimum absolute atomic E-state index is 0.0261. The zero-order valence-corrected chi connectivity index (χ0v) is 18.7. The molecule has 0 N–H and O–H groups in total. The number of piperazine rings is 1. The molecule has 1 aliphatic heterocycles. The quantitative estimate of drug-likeness (QED) is 0.430. The van der Waals surface area contributed by atoms with Gasteiger partial charge in [0.15, 0.2) is 0 Å². The molecular weight excluding hydrogens is 430 g/mol. The van der Waals surface area contributed by atoms with E-state index in [1.165, 1.54) is 23.8 Å². The maximum Gasteiger partial charge on any atom is 0.288 e. The monoisotopic (exact) mass is 453 g/mol. The minimum Gasteiger partial charge on any atom is -0.336 e. The molecule has 0 atom stereocenters. The molecule has 0 radical (unpaired) electrons. The third kappa shape index (κ3) is 4.37. The molecule has 0 bridgehead atoms. The maximum absolute atomic E-state index is 12.8. The van der Waals surface area contributed by atoms with E-state index in [0.29, 0.717) is 13.1 Å². The summed E-state index contributed by atoms with van der Waals surface area (Å²) >= 11 is 5.86. The van der Waals surface area contributed by atoms with Gasteiger partial charge in [-0.25, -0.2) is 4.68 Å². The number of rotatable bonds is 5. The number of benzene rings is 2. The smallest absolute Gasteiger partial charge is 0.288 e. The van der Waals surface area contributed by atoms with E-state index in [1.54, 1.807) is 4.90 Å². The van der Waals surface area contributed by atoms with Crippen LogP contribution in [0.3, 0.4) is 0 Å². The Bertz CT molecular complexity index is 1150. The standard InChI is InChI=1S/C23H24ClN5O3/c1-16-20(17(2)28(25-16)19-6-4-3-5-7-19)15-26-10-12-27(13-11-26)23(30)18-8-9-21(24)22(14-18)29(31)32/h3-9,14H,10-13,15H2,1-2H3. The Hall–Kier alpha value is -3.23. The van der Waals surface area contributed by atoms with E-state index in [-0.39, 0.29) is 22.2 Å². The highest BCUT2D eigenvalue weighted by Gasteiger charge is 2.25. The number of aromatic nitrogens is 2. The molecule has 2 heterocycles. The molecule has 0 spiro atoms. The maximum atomic E-state index is 12.8. The number of hydrogen-bond acceptors (Lipinski definition) is 5. The first-order valence-corrected chi connectivity index (χ1v) is 10.8. The predicted molar refractivity (Wildman–Crippen MR) is 122 cm³/mol. The third-order valence-corrected chi connectivity index (χ3v) is 6.19. The van der Waals surface area contributed by atoms with Gasteiger partial charge in [-0.05, 0) is 38.1 Å². The summed E-state index contributed by atoms with van der Waals surface area (Å²) in [5.74, 6) is -0.214. The van der Waals surface area contributed by atoms with Crippen LogP contribution in [0, 0.1) is 24.0 Å². The van der Waals surface area contributed by atoms with Gasteiger partial charge in [0.05, 0.1) is 16.3 Å². The molecule has 1 aliphatic rings. The van der Waals surface area contributed by atoms with E-state index in [2.05, 4.69) is 11.8 Å². The van der Waals surface area contributed by atoms with Crippen LogP contribution in [0.2, 0.25) is 5.02 Å². The number of carbonyl (C=O) groups is 1. The Morgan fingerprint density at radius 2 is 1.78 bits per heavy atom. The number of carbonyl (C=O) groups excluding carboxylic acids is 1. The van der Waals surface area contributed by atoms with Crippen LogP contribution < -0.4 is 0 Å².